The van der Waals surface area contributed by atoms with E-state index in [4.69, 9.17) is 9.47 Å². The molecule has 98 valence electrons. The van der Waals surface area contributed by atoms with Gasteiger partial charge in [-0.2, -0.15) is 0 Å². The van der Waals surface area contributed by atoms with Gasteiger partial charge >= 0.3 is 0 Å². The van der Waals surface area contributed by atoms with Gasteiger partial charge in [-0.05, 0) is 31.5 Å². The normalized spacial score (nSPS) is 14.4. The Balaban J connectivity index is 2.04. The van der Waals surface area contributed by atoms with Crippen molar-refractivity contribution >= 4 is 5.91 Å². The van der Waals surface area contributed by atoms with Gasteiger partial charge in [0.15, 0.2) is 11.5 Å². The maximum atomic E-state index is 12.1. The largest absolute Gasteiger partial charge is 0.454 e. The fourth-order valence-electron chi connectivity index (χ4n) is 1.73. The Bertz CT molecular complexity index is 445. The van der Waals surface area contributed by atoms with Crippen molar-refractivity contribution in [3.63, 3.8) is 0 Å². The molecule has 0 bridgehead atoms. The molecule has 1 N–H and O–H groups in total. The van der Waals surface area contributed by atoms with Gasteiger partial charge in [-0.1, -0.05) is 0 Å². The number of benzene rings is 1. The first kappa shape index (κ1) is 12.7. The number of aliphatic hydroxyl groups excluding tert-OH is 1. The molecule has 1 aromatic carbocycles. The van der Waals surface area contributed by atoms with E-state index >= 15 is 0 Å². The second-order valence-electron chi connectivity index (χ2n) is 4.43. The van der Waals surface area contributed by atoms with E-state index < -0.39 is 6.10 Å². The van der Waals surface area contributed by atoms with E-state index in [0.29, 0.717) is 30.0 Å². The summed E-state index contributed by atoms with van der Waals surface area (Å²) < 4.78 is 10.4. The van der Waals surface area contributed by atoms with Gasteiger partial charge in [-0.3, -0.25) is 4.79 Å². The van der Waals surface area contributed by atoms with Crippen LogP contribution in [0.3, 0.4) is 0 Å². The molecule has 5 nitrogen and oxygen atoms in total. The van der Waals surface area contributed by atoms with Gasteiger partial charge in [0.2, 0.25) is 6.79 Å². The van der Waals surface area contributed by atoms with Crippen LogP contribution >= 0.6 is 0 Å². The van der Waals surface area contributed by atoms with Crippen LogP contribution in [0, 0.1) is 0 Å². The first-order valence-electron chi connectivity index (χ1n) is 5.91. The van der Waals surface area contributed by atoms with Crippen LogP contribution in [0.4, 0.5) is 0 Å². The summed E-state index contributed by atoms with van der Waals surface area (Å²) in [5.74, 6) is 1.18. The Kier molecular flexibility index (Phi) is 3.72. The Labute approximate surface area is 106 Å². The van der Waals surface area contributed by atoms with Gasteiger partial charge in [0, 0.05) is 19.2 Å². The molecule has 2 rings (SSSR count). The molecule has 5 heteroatoms. The molecule has 0 aliphatic carbocycles. The summed E-state index contributed by atoms with van der Waals surface area (Å²) in [6.07, 6.45) is 0.157. The summed E-state index contributed by atoms with van der Waals surface area (Å²) in [6, 6.07) is 5.14. The molecule has 0 saturated heterocycles. The quantitative estimate of drug-likeness (QED) is 0.875. The number of carbonyl (C=O) groups is 1. The van der Waals surface area contributed by atoms with Crippen LogP contribution in [0.1, 0.15) is 23.7 Å². The monoisotopic (exact) mass is 251 g/mol. The highest BCUT2D eigenvalue weighted by molar-refractivity contribution is 5.94. The van der Waals surface area contributed by atoms with E-state index in [1.165, 1.54) is 0 Å². The van der Waals surface area contributed by atoms with Crippen molar-refractivity contribution in [1.82, 2.24) is 4.90 Å². The second kappa shape index (κ2) is 5.27. The van der Waals surface area contributed by atoms with Crippen LogP contribution in [0.15, 0.2) is 18.2 Å². The van der Waals surface area contributed by atoms with Crippen molar-refractivity contribution in [3.8, 4) is 11.5 Å². The zero-order valence-electron chi connectivity index (χ0n) is 10.5. The number of ether oxygens (including phenoxy) is 2. The molecule has 18 heavy (non-hydrogen) atoms. The zero-order valence-corrected chi connectivity index (χ0v) is 10.5. The number of aliphatic hydroxyl groups is 1. The molecule has 1 unspecified atom stereocenters. The third-order valence-corrected chi connectivity index (χ3v) is 2.85. The third-order valence-electron chi connectivity index (χ3n) is 2.85. The Morgan fingerprint density at radius 3 is 2.89 bits per heavy atom. The molecule has 1 aliphatic rings. The van der Waals surface area contributed by atoms with Crippen molar-refractivity contribution in [2.24, 2.45) is 0 Å². The van der Waals surface area contributed by atoms with Crippen molar-refractivity contribution in [3.05, 3.63) is 23.8 Å². The predicted molar refractivity (Wildman–Crippen MR) is 65.8 cm³/mol. The third kappa shape index (κ3) is 2.73. The minimum Gasteiger partial charge on any atom is -0.454 e. The van der Waals surface area contributed by atoms with Crippen molar-refractivity contribution < 1.29 is 19.4 Å². The lowest BCUT2D eigenvalue weighted by Crippen LogP contribution is -2.29. The molecular formula is C13H17NO4. The molecule has 0 radical (unpaired) electrons. The molecule has 0 saturated carbocycles. The highest BCUT2D eigenvalue weighted by Gasteiger charge is 2.18. The molecule has 1 aliphatic heterocycles. The average Bonchev–Trinajstić information content (AvgIpc) is 2.81. The van der Waals surface area contributed by atoms with Crippen LogP contribution in [0.2, 0.25) is 0 Å². The Morgan fingerprint density at radius 1 is 1.44 bits per heavy atom. The number of hydrogen-bond donors (Lipinski definition) is 1. The van der Waals surface area contributed by atoms with Gasteiger partial charge in [-0.25, -0.2) is 0 Å². The molecule has 1 amide bonds. The highest BCUT2D eigenvalue weighted by Crippen LogP contribution is 2.32. The van der Waals surface area contributed by atoms with E-state index in [-0.39, 0.29) is 12.7 Å². The fourth-order valence-corrected chi connectivity index (χ4v) is 1.73. The van der Waals surface area contributed by atoms with Gasteiger partial charge in [0.25, 0.3) is 5.91 Å². The molecule has 0 aromatic heterocycles. The first-order chi connectivity index (χ1) is 8.58. The predicted octanol–water partition coefficient (Wildman–Crippen LogP) is 1.26. The lowest BCUT2D eigenvalue weighted by Gasteiger charge is -2.18. The topological polar surface area (TPSA) is 59.0 Å². The van der Waals surface area contributed by atoms with Crippen LogP contribution in [-0.4, -0.2) is 42.4 Å². The lowest BCUT2D eigenvalue weighted by atomic mass is 10.1. The second-order valence-corrected chi connectivity index (χ2v) is 4.43. The summed E-state index contributed by atoms with van der Waals surface area (Å²) in [5, 5.41) is 9.21. The van der Waals surface area contributed by atoms with Gasteiger partial charge in [0.1, 0.15) is 0 Å². The SMILES string of the molecule is CC(O)CCN(C)C(=O)c1ccc2c(c1)OCO2. The van der Waals surface area contributed by atoms with Crippen molar-refractivity contribution in [2.45, 2.75) is 19.4 Å². The van der Waals surface area contributed by atoms with Crippen LogP contribution in [0.25, 0.3) is 0 Å². The molecule has 1 heterocycles. The smallest absolute Gasteiger partial charge is 0.253 e. The van der Waals surface area contributed by atoms with Gasteiger partial charge < -0.3 is 19.5 Å². The number of amides is 1. The Morgan fingerprint density at radius 2 is 2.17 bits per heavy atom. The maximum absolute atomic E-state index is 12.1. The van der Waals surface area contributed by atoms with E-state index in [2.05, 4.69) is 0 Å². The van der Waals surface area contributed by atoms with Gasteiger partial charge in [-0.15, -0.1) is 0 Å². The lowest BCUT2D eigenvalue weighted by molar-refractivity contribution is 0.0768. The molecule has 0 spiro atoms. The summed E-state index contributed by atoms with van der Waals surface area (Å²) in [7, 11) is 1.72. The van der Waals surface area contributed by atoms with Crippen LogP contribution in [0.5, 0.6) is 11.5 Å². The molecule has 1 atom stereocenters. The van der Waals surface area contributed by atoms with E-state index in [9.17, 15) is 9.90 Å². The maximum Gasteiger partial charge on any atom is 0.253 e. The van der Waals surface area contributed by atoms with E-state index in [1.54, 1.807) is 37.1 Å². The number of rotatable bonds is 4. The summed E-state index contributed by atoms with van der Waals surface area (Å²) >= 11 is 0. The van der Waals surface area contributed by atoms with Crippen LogP contribution in [-0.2, 0) is 0 Å². The molecular weight excluding hydrogens is 234 g/mol. The van der Waals surface area contributed by atoms with Crippen LogP contribution < -0.4 is 9.47 Å². The fraction of sp³-hybridized carbons (Fsp3) is 0.462. The van der Waals surface area contributed by atoms with Crippen molar-refractivity contribution in [2.75, 3.05) is 20.4 Å². The van der Waals surface area contributed by atoms with Gasteiger partial charge in [0.05, 0.1) is 6.10 Å². The standard InChI is InChI=1S/C13H17NO4/c1-9(15)5-6-14(2)13(16)10-3-4-11-12(7-10)18-8-17-11/h3-4,7,9,15H,5-6,8H2,1-2H3. The molecule has 0 fully saturated rings. The minimum atomic E-state index is -0.406. The van der Waals surface area contributed by atoms with E-state index in [1.807, 2.05) is 0 Å². The van der Waals surface area contributed by atoms with E-state index in [0.717, 1.165) is 0 Å². The van der Waals surface area contributed by atoms with Crippen molar-refractivity contribution in [1.29, 1.82) is 0 Å². The highest BCUT2D eigenvalue weighted by atomic mass is 16.7. The zero-order chi connectivity index (χ0) is 13.1. The number of carbonyl (C=O) groups excluding carboxylic acids is 1. The number of nitrogens with zero attached hydrogens (tertiary/aromatic N) is 1. The number of fused-ring (bicyclic) bond motifs is 1. The summed E-state index contributed by atoms with van der Waals surface area (Å²) in [5.41, 5.74) is 0.562. The summed E-state index contributed by atoms with van der Waals surface area (Å²) in [6.45, 7) is 2.43. The Hall–Kier alpha value is -1.75. The summed E-state index contributed by atoms with van der Waals surface area (Å²) in [4.78, 5) is 13.7. The average molecular weight is 251 g/mol. The minimum absolute atomic E-state index is 0.0889. The molecule has 1 aromatic rings. The first-order valence-corrected chi connectivity index (χ1v) is 5.91. The number of hydrogen-bond acceptors (Lipinski definition) is 4.